The molecule has 0 fully saturated rings. The van der Waals surface area contributed by atoms with Gasteiger partial charge in [-0.25, -0.2) is 8.42 Å². The number of rotatable bonds is 5. The fraction of sp³-hybridized carbons (Fsp3) is 0.200. The van der Waals surface area contributed by atoms with E-state index >= 15 is 0 Å². The van der Waals surface area contributed by atoms with E-state index in [1.165, 1.54) is 12.1 Å². The topological polar surface area (TPSA) is 107 Å². The molecule has 0 atom stereocenters. The fourth-order valence-electron chi connectivity index (χ4n) is 1.14. The number of carboxylic acids is 1. The van der Waals surface area contributed by atoms with Crippen LogP contribution in [0, 0.1) is 11.3 Å². The maximum atomic E-state index is 11.6. The summed E-state index contributed by atoms with van der Waals surface area (Å²) in [5.74, 6) is -1.74. The van der Waals surface area contributed by atoms with E-state index in [1.54, 1.807) is 6.07 Å². The van der Waals surface area contributed by atoms with Crippen molar-refractivity contribution in [3.05, 3.63) is 28.2 Å². The summed E-state index contributed by atoms with van der Waals surface area (Å²) in [4.78, 5) is 10.3. The van der Waals surface area contributed by atoms with Gasteiger partial charge in [0, 0.05) is 4.47 Å². The van der Waals surface area contributed by atoms with Gasteiger partial charge in [0.1, 0.15) is 6.07 Å². The molecular weight excluding hydrogens is 324 g/mol. The summed E-state index contributed by atoms with van der Waals surface area (Å²) in [7, 11) is -3.78. The molecule has 1 aromatic rings. The Kier molecular flexibility index (Phi) is 4.69. The summed E-state index contributed by atoms with van der Waals surface area (Å²) in [5, 5.41) is 17.3. The molecular formula is C10H9BrN2O4S. The smallest absolute Gasteiger partial charge is 0.304 e. The van der Waals surface area contributed by atoms with Crippen LogP contribution in [0.4, 0.5) is 5.69 Å². The number of nitriles is 1. The third kappa shape index (κ3) is 4.35. The molecule has 0 unspecified atom stereocenters. The van der Waals surface area contributed by atoms with Crippen LogP contribution in [0.1, 0.15) is 12.0 Å². The van der Waals surface area contributed by atoms with Crippen LogP contribution < -0.4 is 4.72 Å². The predicted molar refractivity (Wildman–Crippen MR) is 68.5 cm³/mol. The molecule has 1 rings (SSSR count). The van der Waals surface area contributed by atoms with Gasteiger partial charge >= 0.3 is 5.97 Å². The highest BCUT2D eigenvalue weighted by molar-refractivity contribution is 9.10. The predicted octanol–water partition coefficient (Wildman–Crippen LogP) is 1.54. The minimum atomic E-state index is -3.78. The highest BCUT2D eigenvalue weighted by Gasteiger charge is 2.15. The number of nitrogens with one attached hydrogen (secondary N) is 1. The molecule has 0 aliphatic rings. The number of nitrogens with zero attached hydrogens (tertiary/aromatic N) is 1. The Hall–Kier alpha value is -1.59. The van der Waals surface area contributed by atoms with Crippen LogP contribution in [0.3, 0.4) is 0 Å². The Balaban J connectivity index is 2.94. The molecule has 6 nitrogen and oxygen atoms in total. The second-order valence-electron chi connectivity index (χ2n) is 3.37. The minimum Gasteiger partial charge on any atom is -0.481 e. The van der Waals surface area contributed by atoms with Crippen LogP contribution in [-0.4, -0.2) is 25.2 Å². The molecule has 0 bridgehead atoms. The SMILES string of the molecule is N#Cc1ccc(Br)cc1NS(=O)(=O)CCC(=O)O. The van der Waals surface area contributed by atoms with E-state index in [0.717, 1.165) is 0 Å². The number of carboxylic acid groups (broad SMARTS) is 1. The summed E-state index contributed by atoms with van der Waals surface area (Å²) >= 11 is 3.16. The first-order valence-electron chi connectivity index (χ1n) is 4.76. The molecule has 0 saturated carbocycles. The van der Waals surface area contributed by atoms with Crippen LogP contribution in [0.25, 0.3) is 0 Å². The summed E-state index contributed by atoms with van der Waals surface area (Å²) in [6.07, 6.45) is -0.495. The standard InChI is InChI=1S/C10H9BrN2O4S/c11-8-2-1-7(6-12)9(5-8)13-18(16,17)4-3-10(14)15/h1-2,5,13H,3-4H2,(H,14,15). The maximum Gasteiger partial charge on any atom is 0.304 e. The average Bonchev–Trinajstić information content (AvgIpc) is 2.26. The number of sulfonamides is 1. The molecule has 18 heavy (non-hydrogen) atoms. The number of halogens is 1. The molecule has 96 valence electrons. The Morgan fingerprint density at radius 1 is 1.50 bits per heavy atom. The minimum absolute atomic E-state index is 0.122. The van der Waals surface area contributed by atoms with Crippen molar-refractivity contribution in [2.24, 2.45) is 0 Å². The van der Waals surface area contributed by atoms with Crippen LogP contribution in [-0.2, 0) is 14.8 Å². The maximum absolute atomic E-state index is 11.6. The summed E-state index contributed by atoms with van der Waals surface area (Å²) in [6.45, 7) is 0. The van der Waals surface area contributed by atoms with Crippen LogP contribution >= 0.6 is 15.9 Å². The summed E-state index contributed by atoms with van der Waals surface area (Å²) in [6, 6.07) is 6.35. The van der Waals surface area contributed by atoms with Gasteiger partial charge in [0.25, 0.3) is 0 Å². The first kappa shape index (κ1) is 14.5. The molecule has 0 saturated heterocycles. The summed E-state index contributed by atoms with van der Waals surface area (Å²) < 4.78 is 26.0. The van der Waals surface area contributed by atoms with Gasteiger partial charge in [0.05, 0.1) is 23.4 Å². The highest BCUT2D eigenvalue weighted by atomic mass is 79.9. The number of carbonyl (C=O) groups is 1. The lowest BCUT2D eigenvalue weighted by atomic mass is 10.2. The van der Waals surface area contributed by atoms with E-state index in [-0.39, 0.29) is 11.3 Å². The van der Waals surface area contributed by atoms with Crippen LogP contribution in [0.5, 0.6) is 0 Å². The average molecular weight is 333 g/mol. The Bertz CT molecular complexity index is 607. The zero-order valence-corrected chi connectivity index (χ0v) is 11.5. The van der Waals surface area contributed by atoms with Gasteiger partial charge in [-0.1, -0.05) is 15.9 Å². The molecule has 0 amide bonds. The Labute approximate surface area is 112 Å². The van der Waals surface area contributed by atoms with Crippen LogP contribution in [0.15, 0.2) is 22.7 Å². The van der Waals surface area contributed by atoms with Gasteiger partial charge in [0.15, 0.2) is 0 Å². The first-order chi connectivity index (χ1) is 8.34. The fourth-order valence-corrected chi connectivity index (χ4v) is 2.55. The molecule has 1 aromatic carbocycles. The van der Waals surface area contributed by atoms with Gasteiger partial charge in [-0.3, -0.25) is 9.52 Å². The molecule has 0 radical (unpaired) electrons. The largest absolute Gasteiger partial charge is 0.481 e. The molecule has 0 heterocycles. The second kappa shape index (κ2) is 5.84. The lowest BCUT2D eigenvalue weighted by Gasteiger charge is -2.08. The van der Waals surface area contributed by atoms with Gasteiger partial charge in [-0.05, 0) is 18.2 Å². The van der Waals surface area contributed by atoms with Gasteiger partial charge in [-0.2, -0.15) is 5.26 Å². The molecule has 2 N–H and O–H groups in total. The zero-order chi connectivity index (χ0) is 13.8. The van der Waals surface area contributed by atoms with Crippen molar-refractivity contribution in [1.82, 2.24) is 0 Å². The van der Waals surface area contributed by atoms with Crippen molar-refractivity contribution in [3.63, 3.8) is 0 Å². The van der Waals surface area contributed by atoms with Crippen molar-refractivity contribution in [2.75, 3.05) is 10.5 Å². The van der Waals surface area contributed by atoms with E-state index in [2.05, 4.69) is 20.7 Å². The molecule has 0 spiro atoms. The third-order valence-corrected chi connectivity index (χ3v) is 3.72. The lowest BCUT2D eigenvalue weighted by Crippen LogP contribution is -2.19. The number of anilines is 1. The van der Waals surface area contributed by atoms with E-state index in [9.17, 15) is 13.2 Å². The number of benzene rings is 1. The Morgan fingerprint density at radius 2 is 2.17 bits per heavy atom. The molecule has 0 aliphatic heterocycles. The van der Waals surface area contributed by atoms with E-state index in [4.69, 9.17) is 10.4 Å². The van der Waals surface area contributed by atoms with Crippen molar-refractivity contribution < 1.29 is 18.3 Å². The number of aliphatic carboxylic acids is 1. The molecule has 0 aromatic heterocycles. The van der Waals surface area contributed by atoms with Gasteiger partial charge in [-0.15, -0.1) is 0 Å². The normalized spacial score (nSPS) is 10.7. The van der Waals surface area contributed by atoms with Crippen LogP contribution in [0.2, 0.25) is 0 Å². The van der Waals surface area contributed by atoms with Crippen molar-refractivity contribution in [1.29, 1.82) is 5.26 Å². The molecule has 8 heteroatoms. The second-order valence-corrected chi connectivity index (χ2v) is 6.12. The van der Waals surface area contributed by atoms with E-state index in [1.807, 2.05) is 6.07 Å². The monoisotopic (exact) mass is 332 g/mol. The highest BCUT2D eigenvalue weighted by Crippen LogP contribution is 2.22. The van der Waals surface area contributed by atoms with Crippen molar-refractivity contribution in [3.8, 4) is 6.07 Å². The van der Waals surface area contributed by atoms with Gasteiger partial charge < -0.3 is 5.11 Å². The van der Waals surface area contributed by atoms with E-state index in [0.29, 0.717) is 4.47 Å². The van der Waals surface area contributed by atoms with Gasteiger partial charge in [0.2, 0.25) is 10.0 Å². The van der Waals surface area contributed by atoms with Crippen molar-refractivity contribution in [2.45, 2.75) is 6.42 Å². The third-order valence-electron chi connectivity index (χ3n) is 1.95. The van der Waals surface area contributed by atoms with E-state index < -0.39 is 28.2 Å². The first-order valence-corrected chi connectivity index (χ1v) is 7.20. The quantitative estimate of drug-likeness (QED) is 0.850. The number of hydrogen-bond donors (Lipinski definition) is 2. The van der Waals surface area contributed by atoms with Crippen molar-refractivity contribution >= 4 is 37.6 Å². The summed E-state index contributed by atoms with van der Waals surface area (Å²) in [5.41, 5.74) is 0.286. The number of hydrogen-bond acceptors (Lipinski definition) is 4. The molecule has 0 aliphatic carbocycles. The Morgan fingerprint density at radius 3 is 2.72 bits per heavy atom. The lowest BCUT2D eigenvalue weighted by molar-refractivity contribution is -0.136. The zero-order valence-electron chi connectivity index (χ0n) is 9.05.